The quantitative estimate of drug-likeness (QED) is 0.624. The van der Waals surface area contributed by atoms with Crippen molar-refractivity contribution in [1.29, 1.82) is 0 Å². The second kappa shape index (κ2) is 6.49. The number of pyridine rings is 2. The van der Waals surface area contributed by atoms with Crippen molar-refractivity contribution in [2.24, 2.45) is 0 Å². The van der Waals surface area contributed by atoms with Gasteiger partial charge in [-0.25, -0.2) is 9.78 Å². The molecule has 0 spiro atoms. The monoisotopic (exact) mass is 420 g/mol. The van der Waals surface area contributed by atoms with Gasteiger partial charge < -0.3 is 14.9 Å². The maximum absolute atomic E-state index is 13.5. The van der Waals surface area contributed by atoms with Crippen molar-refractivity contribution in [1.82, 2.24) is 9.55 Å². The minimum absolute atomic E-state index is 0.0461. The maximum atomic E-state index is 13.5. The highest BCUT2D eigenvalue weighted by Gasteiger charge is 2.46. The Morgan fingerprint density at radius 1 is 1.32 bits per heavy atom. The smallest absolute Gasteiger partial charge is 0.343 e. The number of phenols is 1. The number of benzene rings is 1. The van der Waals surface area contributed by atoms with Crippen molar-refractivity contribution in [2.45, 2.75) is 44.9 Å². The number of ketones is 1. The number of aliphatic hydroxyl groups is 1. The number of aromatic hydroxyl groups is 1. The molecular weight excluding hydrogens is 400 g/mol. The van der Waals surface area contributed by atoms with Gasteiger partial charge in [0.25, 0.3) is 5.56 Å². The summed E-state index contributed by atoms with van der Waals surface area (Å²) in [5, 5.41) is 21.8. The Balaban J connectivity index is 1.86. The molecule has 2 aromatic heterocycles. The van der Waals surface area contributed by atoms with Crippen LogP contribution >= 0.6 is 0 Å². The van der Waals surface area contributed by atoms with Crippen LogP contribution in [0.4, 0.5) is 0 Å². The average Bonchev–Trinajstić information content (AvgIpc) is 3.03. The molecule has 2 aliphatic heterocycles. The molecule has 0 radical (unpaired) electrons. The van der Waals surface area contributed by atoms with Crippen molar-refractivity contribution in [3.63, 3.8) is 0 Å². The highest BCUT2D eigenvalue weighted by Crippen LogP contribution is 2.44. The first-order valence-corrected chi connectivity index (χ1v) is 10.1. The van der Waals surface area contributed by atoms with E-state index in [2.05, 4.69) is 4.98 Å². The normalized spacial score (nSPS) is 21.4. The van der Waals surface area contributed by atoms with Crippen LogP contribution in [-0.2, 0) is 26.5 Å². The van der Waals surface area contributed by atoms with Crippen molar-refractivity contribution in [3.8, 4) is 17.1 Å². The van der Waals surface area contributed by atoms with Crippen molar-refractivity contribution in [2.75, 3.05) is 0 Å². The van der Waals surface area contributed by atoms with Crippen LogP contribution in [0, 0.1) is 0 Å². The van der Waals surface area contributed by atoms with E-state index in [-0.39, 0.29) is 42.1 Å². The fourth-order valence-corrected chi connectivity index (χ4v) is 4.63. The summed E-state index contributed by atoms with van der Waals surface area (Å²) in [5.74, 6) is -0.847. The zero-order valence-electron chi connectivity index (χ0n) is 17.0. The molecule has 8 heteroatoms. The minimum atomic E-state index is -1.92. The molecule has 0 saturated carbocycles. The third-order valence-electron chi connectivity index (χ3n) is 6.24. The van der Waals surface area contributed by atoms with Gasteiger partial charge in [-0.05, 0) is 37.6 Å². The number of carbonyl (C=O) groups excluding carboxylic acids is 2. The predicted octanol–water partition coefficient (Wildman–Crippen LogP) is 2.31. The number of nitrogens with zero attached hydrogens (tertiary/aromatic N) is 2. The van der Waals surface area contributed by atoms with Crippen LogP contribution in [0.25, 0.3) is 22.3 Å². The zero-order chi connectivity index (χ0) is 22.1. The highest BCUT2D eigenvalue weighted by molar-refractivity contribution is 5.90. The molecule has 0 saturated heterocycles. The third-order valence-corrected chi connectivity index (χ3v) is 6.24. The Morgan fingerprint density at radius 3 is 2.81 bits per heavy atom. The van der Waals surface area contributed by atoms with Crippen LogP contribution in [0.2, 0.25) is 0 Å². The Kier molecular flexibility index (Phi) is 4.07. The number of hydrogen-bond donors (Lipinski definition) is 2. The van der Waals surface area contributed by atoms with E-state index in [1.807, 2.05) is 0 Å². The van der Waals surface area contributed by atoms with E-state index < -0.39 is 23.2 Å². The molecule has 0 bridgehead atoms. The fourth-order valence-electron chi connectivity index (χ4n) is 4.63. The second-order valence-corrected chi connectivity index (χ2v) is 8.08. The summed E-state index contributed by atoms with van der Waals surface area (Å²) in [7, 11) is 0. The lowest BCUT2D eigenvalue weighted by Gasteiger charge is -2.32. The molecule has 5 rings (SSSR count). The van der Waals surface area contributed by atoms with E-state index in [4.69, 9.17) is 4.74 Å². The summed E-state index contributed by atoms with van der Waals surface area (Å²) in [5.41, 5.74) is 0.148. The molecule has 0 aliphatic carbocycles. The van der Waals surface area contributed by atoms with Crippen LogP contribution in [0.3, 0.4) is 0 Å². The van der Waals surface area contributed by atoms with E-state index in [0.717, 1.165) is 0 Å². The number of hydrogen-bond acceptors (Lipinski definition) is 7. The number of ether oxygens (including phenoxy) is 1. The lowest BCUT2D eigenvalue weighted by atomic mass is 9.86. The predicted molar refractivity (Wildman–Crippen MR) is 111 cm³/mol. The van der Waals surface area contributed by atoms with Crippen LogP contribution in [0.1, 0.15) is 49.4 Å². The molecule has 158 valence electrons. The van der Waals surface area contributed by atoms with Gasteiger partial charge >= 0.3 is 5.97 Å². The molecule has 0 amide bonds. The van der Waals surface area contributed by atoms with Gasteiger partial charge in [-0.1, -0.05) is 13.0 Å². The lowest BCUT2D eigenvalue weighted by molar-refractivity contribution is -0.172. The van der Waals surface area contributed by atoms with Crippen LogP contribution in [-0.4, -0.2) is 31.5 Å². The number of esters is 1. The van der Waals surface area contributed by atoms with E-state index in [9.17, 15) is 24.6 Å². The van der Waals surface area contributed by atoms with Crippen molar-refractivity contribution < 1.29 is 24.5 Å². The topological polar surface area (TPSA) is 119 Å². The van der Waals surface area contributed by atoms with Gasteiger partial charge in [0, 0.05) is 22.9 Å². The zero-order valence-corrected chi connectivity index (χ0v) is 17.0. The van der Waals surface area contributed by atoms with Gasteiger partial charge in [0.15, 0.2) is 5.60 Å². The fraction of sp³-hybridized carbons (Fsp3) is 0.304. The summed E-state index contributed by atoms with van der Waals surface area (Å²) in [6.45, 7) is 2.85. The molecule has 4 heterocycles. The molecule has 2 N–H and O–H groups in total. The van der Waals surface area contributed by atoms with E-state index in [1.54, 1.807) is 37.3 Å². The molecule has 8 nitrogen and oxygen atoms in total. The van der Waals surface area contributed by atoms with E-state index >= 15 is 0 Å². The maximum Gasteiger partial charge on any atom is 0.343 e. The highest BCUT2D eigenvalue weighted by atomic mass is 16.6. The Bertz CT molecular complexity index is 1360. The van der Waals surface area contributed by atoms with Gasteiger partial charge in [0.1, 0.15) is 18.1 Å². The molecule has 2 aliphatic rings. The molecule has 1 unspecified atom stereocenters. The van der Waals surface area contributed by atoms with Crippen LogP contribution in [0.5, 0.6) is 5.75 Å². The van der Waals surface area contributed by atoms with E-state index in [0.29, 0.717) is 27.9 Å². The summed E-state index contributed by atoms with van der Waals surface area (Å²) in [6, 6.07) is 7.72. The standard InChI is InChI=1S/C23H20N2O6/c1-3-23(30)15-9-18-20-13(8-12-16(24-20)5-4-6-19(12)27)17(7-11(2)26)25(18)21(28)14(15)10-31-22(23)29/h4-6,8-9,17,27,30H,3,7,10H2,1-2H3/t17?,23-/m0/s1. The lowest BCUT2D eigenvalue weighted by Crippen LogP contribution is -2.44. The SMILES string of the molecule is CC[C@@]1(O)C(=O)OCc2c1cc1n(c2=O)C(CC(C)=O)c2cc3c(O)cccc3nc2-1. The molecule has 2 atom stereocenters. The first-order chi connectivity index (χ1) is 14.8. The number of Topliss-reactive ketones (excluding diaryl/α,β-unsaturated/α-hetero) is 1. The van der Waals surface area contributed by atoms with Gasteiger partial charge in [0.2, 0.25) is 0 Å². The van der Waals surface area contributed by atoms with E-state index in [1.165, 1.54) is 11.5 Å². The first kappa shape index (κ1) is 19.4. The molecule has 1 aromatic carbocycles. The largest absolute Gasteiger partial charge is 0.507 e. The summed E-state index contributed by atoms with van der Waals surface area (Å²) in [4.78, 5) is 42.5. The number of phenolic OH excluding ortho intramolecular Hbond substituents is 1. The number of cyclic esters (lactones) is 1. The van der Waals surface area contributed by atoms with Crippen molar-refractivity contribution >= 4 is 22.7 Å². The Hall–Kier alpha value is -3.52. The summed E-state index contributed by atoms with van der Waals surface area (Å²) in [6.07, 6.45) is 0.113. The summed E-state index contributed by atoms with van der Waals surface area (Å²) < 4.78 is 6.59. The van der Waals surface area contributed by atoms with Gasteiger partial charge in [-0.2, -0.15) is 0 Å². The van der Waals surface area contributed by atoms with Gasteiger partial charge in [-0.15, -0.1) is 0 Å². The van der Waals surface area contributed by atoms with Crippen molar-refractivity contribution in [3.05, 3.63) is 57.4 Å². The number of carbonyl (C=O) groups is 2. The average molecular weight is 420 g/mol. The first-order valence-electron chi connectivity index (χ1n) is 10.1. The van der Waals surface area contributed by atoms with Gasteiger partial charge in [-0.3, -0.25) is 14.2 Å². The Labute approximate surface area is 176 Å². The molecule has 3 aromatic rings. The molecule has 0 fully saturated rings. The van der Waals surface area contributed by atoms with Crippen LogP contribution < -0.4 is 5.56 Å². The molecular formula is C23H20N2O6. The van der Waals surface area contributed by atoms with Crippen LogP contribution in [0.15, 0.2) is 35.1 Å². The number of rotatable bonds is 3. The Morgan fingerprint density at radius 2 is 2.10 bits per heavy atom. The summed E-state index contributed by atoms with van der Waals surface area (Å²) >= 11 is 0. The number of fused-ring (bicyclic) bond motifs is 5. The molecule has 31 heavy (non-hydrogen) atoms. The van der Waals surface area contributed by atoms with Gasteiger partial charge in [0.05, 0.1) is 28.5 Å². The third kappa shape index (κ3) is 2.58. The second-order valence-electron chi connectivity index (χ2n) is 8.08. The number of aromatic nitrogens is 2. The minimum Gasteiger partial charge on any atom is -0.507 e.